The van der Waals surface area contributed by atoms with Crippen LogP contribution >= 0.6 is 0 Å². The molecular formula is C14H18FN3O. The van der Waals surface area contributed by atoms with Crippen molar-refractivity contribution in [2.45, 2.75) is 6.42 Å². The molecule has 4 nitrogen and oxygen atoms in total. The third kappa shape index (κ3) is 2.34. The Balaban J connectivity index is 1.74. The van der Waals surface area contributed by atoms with Gasteiger partial charge in [0.1, 0.15) is 0 Å². The summed E-state index contributed by atoms with van der Waals surface area (Å²) in [7, 11) is 2.11. The van der Waals surface area contributed by atoms with Crippen LogP contribution in [0, 0.1) is 17.7 Å². The molecule has 102 valence electrons. The molecule has 5 heteroatoms. The van der Waals surface area contributed by atoms with Crippen LogP contribution in [-0.4, -0.2) is 53.9 Å². The molecule has 1 amide bonds. The molecule has 1 aromatic rings. The Morgan fingerprint density at radius 3 is 2.95 bits per heavy atom. The molecule has 1 aromatic heterocycles. The van der Waals surface area contributed by atoms with Crippen molar-refractivity contribution in [3.63, 3.8) is 0 Å². The average molecular weight is 263 g/mol. The molecule has 0 unspecified atom stereocenters. The lowest BCUT2D eigenvalue weighted by Crippen LogP contribution is -2.37. The summed E-state index contributed by atoms with van der Waals surface area (Å²) in [4.78, 5) is 20.1. The van der Waals surface area contributed by atoms with Gasteiger partial charge >= 0.3 is 0 Å². The van der Waals surface area contributed by atoms with Crippen LogP contribution in [0.3, 0.4) is 0 Å². The number of nitrogens with zero attached hydrogens (tertiary/aromatic N) is 3. The van der Waals surface area contributed by atoms with E-state index in [1.807, 2.05) is 0 Å². The Hall–Kier alpha value is -1.49. The minimum Gasteiger partial charge on any atom is -0.338 e. The number of fused-ring (bicyclic) bond motifs is 1. The van der Waals surface area contributed by atoms with Gasteiger partial charge < -0.3 is 9.80 Å². The number of likely N-dealkylation sites (tertiary alicyclic amines) is 2. The molecule has 2 atom stereocenters. The highest BCUT2D eigenvalue weighted by molar-refractivity contribution is 5.94. The van der Waals surface area contributed by atoms with Gasteiger partial charge in [0.05, 0.1) is 11.8 Å². The number of piperidine rings is 1. The Kier molecular flexibility index (Phi) is 3.22. The second kappa shape index (κ2) is 4.89. The Morgan fingerprint density at radius 2 is 2.16 bits per heavy atom. The fraction of sp³-hybridized carbons (Fsp3) is 0.571. The Morgan fingerprint density at radius 1 is 1.37 bits per heavy atom. The third-order valence-electron chi connectivity index (χ3n) is 4.29. The van der Waals surface area contributed by atoms with Gasteiger partial charge in [-0.1, -0.05) is 0 Å². The van der Waals surface area contributed by atoms with E-state index in [4.69, 9.17) is 0 Å². The van der Waals surface area contributed by atoms with Gasteiger partial charge in [0, 0.05) is 25.8 Å². The number of rotatable bonds is 1. The van der Waals surface area contributed by atoms with Gasteiger partial charge in [0.25, 0.3) is 5.91 Å². The first-order valence-electron chi connectivity index (χ1n) is 6.72. The zero-order valence-corrected chi connectivity index (χ0v) is 11.1. The molecule has 0 aromatic carbocycles. The van der Waals surface area contributed by atoms with E-state index in [2.05, 4.69) is 16.9 Å². The summed E-state index contributed by atoms with van der Waals surface area (Å²) in [5.41, 5.74) is 0.141. The summed E-state index contributed by atoms with van der Waals surface area (Å²) >= 11 is 0. The maximum Gasteiger partial charge on any atom is 0.256 e. The molecule has 2 aliphatic heterocycles. The molecule has 0 saturated carbocycles. The fourth-order valence-electron chi connectivity index (χ4n) is 3.24. The highest BCUT2D eigenvalue weighted by Crippen LogP contribution is 2.31. The van der Waals surface area contributed by atoms with Gasteiger partial charge in [0.2, 0.25) is 0 Å². The van der Waals surface area contributed by atoms with E-state index < -0.39 is 5.82 Å². The molecule has 3 rings (SSSR count). The first-order valence-corrected chi connectivity index (χ1v) is 6.72. The van der Waals surface area contributed by atoms with Crippen molar-refractivity contribution in [3.8, 4) is 0 Å². The fourth-order valence-corrected chi connectivity index (χ4v) is 3.24. The second-order valence-electron chi connectivity index (χ2n) is 5.64. The van der Waals surface area contributed by atoms with Crippen LogP contribution in [0.5, 0.6) is 0 Å². The lowest BCUT2D eigenvalue weighted by Gasteiger charge is -2.31. The van der Waals surface area contributed by atoms with Crippen molar-refractivity contribution in [1.29, 1.82) is 0 Å². The van der Waals surface area contributed by atoms with E-state index in [0.717, 1.165) is 38.8 Å². The van der Waals surface area contributed by atoms with Crippen molar-refractivity contribution in [1.82, 2.24) is 14.8 Å². The van der Waals surface area contributed by atoms with Crippen LogP contribution in [-0.2, 0) is 0 Å². The molecule has 2 fully saturated rings. The molecule has 0 aliphatic carbocycles. The minimum atomic E-state index is -0.528. The third-order valence-corrected chi connectivity index (χ3v) is 4.29. The Bertz CT molecular complexity index is 493. The predicted molar refractivity (Wildman–Crippen MR) is 69.2 cm³/mol. The van der Waals surface area contributed by atoms with E-state index in [1.165, 1.54) is 12.3 Å². The summed E-state index contributed by atoms with van der Waals surface area (Å²) in [5, 5.41) is 0. The topological polar surface area (TPSA) is 36.4 Å². The molecule has 0 spiro atoms. The smallest absolute Gasteiger partial charge is 0.256 e. The summed E-state index contributed by atoms with van der Waals surface area (Å²) in [6.07, 6.45) is 3.70. The number of amides is 1. The van der Waals surface area contributed by atoms with Crippen molar-refractivity contribution < 1.29 is 9.18 Å². The number of halogens is 1. The van der Waals surface area contributed by atoms with Gasteiger partial charge in [0.15, 0.2) is 5.82 Å². The quantitative estimate of drug-likeness (QED) is 0.765. The molecule has 0 bridgehead atoms. The van der Waals surface area contributed by atoms with E-state index in [0.29, 0.717) is 11.8 Å². The van der Waals surface area contributed by atoms with Gasteiger partial charge in [-0.05, 0) is 37.9 Å². The number of hydrogen-bond donors (Lipinski definition) is 0. The van der Waals surface area contributed by atoms with Crippen LogP contribution in [0.25, 0.3) is 0 Å². The predicted octanol–water partition coefficient (Wildman–Crippen LogP) is 1.24. The van der Waals surface area contributed by atoms with Crippen LogP contribution in [0.4, 0.5) is 4.39 Å². The maximum atomic E-state index is 13.6. The zero-order valence-electron chi connectivity index (χ0n) is 11.1. The summed E-state index contributed by atoms with van der Waals surface area (Å²) < 4.78 is 13.6. The van der Waals surface area contributed by atoms with Crippen LogP contribution < -0.4 is 0 Å². The highest BCUT2D eigenvalue weighted by atomic mass is 19.1. The Labute approximate surface area is 112 Å². The summed E-state index contributed by atoms with van der Waals surface area (Å²) in [6, 6.07) is 1.46. The number of aromatic nitrogens is 1. The zero-order chi connectivity index (χ0) is 13.4. The van der Waals surface area contributed by atoms with Crippen LogP contribution in [0.1, 0.15) is 16.8 Å². The SMILES string of the molecule is CN1CC[C@H]2CN(C(=O)c3ccncc3F)C[C@H]2C1. The first-order chi connectivity index (χ1) is 9.15. The van der Waals surface area contributed by atoms with E-state index >= 15 is 0 Å². The van der Waals surface area contributed by atoms with Gasteiger partial charge in [-0.3, -0.25) is 9.78 Å². The number of carbonyl (C=O) groups is 1. The molecule has 19 heavy (non-hydrogen) atoms. The molecule has 2 saturated heterocycles. The highest BCUT2D eigenvalue weighted by Gasteiger charge is 2.38. The monoisotopic (exact) mass is 263 g/mol. The molecule has 2 aliphatic rings. The normalized spacial score (nSPS) is 27.4. The van der Waals surface area contributed by atoms with Gasteiger partial charge in [-0.15, -0.1) is 0 Å². The molecule has 0 radical (unpaired) electrons. The van der Waals surface area contributed by atoms with Gasteiger partial charge in [-0.25, -0.2) is 4.39 Å². The minimum absolute atomic E-state index is 0.141. The van der Waals surface area contributed by atoms with E-state index in [1.54, 1.807) is 4.90 Å². The van der Waals surface area contributed by atoms with Crippen LogP contribution in [0.2, 0.25) is 0 Å². The van der Waals surface area contributed by atoms with E-state index in [9.17, 15) is 9.18 Å². The number of hydrogen-bond acceptors (Lipinski definition) is 3. The first kappa shape index (κ1) is 12.5. The molecular weight excluding hydrogens is 245 g/mol. The van der Waals surface area contributed by atoms with Gasteiger partial charge in [-0.2, -0.15) is 0 Å². The average Bonchev–Trinajstić information content (AvgIpc) is 2.81. The number of pyridine rings is 1. The van der Waals surface area contributed by atoms with Crippen LogP contribution in [0.15, 0.2) is 18.5 Å². The van der Waals surface area contributed by atoms with Crippen molar-refractivity contribution in [3.05, 3.63) is 29.8 Å². The largest absolute Gasteiger partial charge is 0.338 e. The van der Waals surface area contributed by atoms with E-state index in [-0.39, 0.29) is 11.5 Å². The van der Waals surface area contributed by atoms with Crippen molar-refractivity contribution in [2.75, 3.05) is 33.2 Å². The maximum absolute atomic E-state index is 13.6. The standard InChI is InChI=1S/C14H18FN3O/c1-17-5-3-10-8-18(9-11(10)7-17)14(19)12-2-4-16-6-13(12)15/h2,4,6,10-11H,3,5,7-9H2,1H3/t10-,11+/m0/s1. The summed E-state index contributed by atoms with van der Waals surface area (Å²) in [5.74, 6) is 0.383. The lowest BCUT2D eigenvalue weighted by molar-refractivity contribution is 0.0779. The number of carbonyl (C=O) groups excluding carboxylic acids is 1. The second-order valence-corrected chi connectivity index (χ2v) is 5.64. The molecule has 3 heterocycles. The summed E-state index contributed by atoms with van der Waals surface area (Å²) in [6.45, 7) is 3.63. The van der Waals surface area contributed by atoms with Crippen molar-refractivity contribution >= 4 is 5.91 Å². The molecule has 0 N–H and O–H groups in total. The van der Waals surface area contributed by atoms with Crippen molar-refractivity contribution in [2.24, 2.45) is 11.8 Å². The lowest BCUT2D eigenvalue weighted by atomic mass is 9.89.